The Morgan fingerprint density at radius 2 is 2.33 bits per heavy atom. The summed E-state index contributed by atoms with van der Waals surface area (Å²) in [7, 11) is 0. The number of amides is 1. The maximum Gasteiger partial charge on any atom is 0.264 e. The van der Waals surface area contributed by atoms with Gasteiger partial charge in [0.2, 0.25) is 0 Å². The van der Waals surface area contributed by atoms with E-state index in [0.717, 1.165) is 23.5 Å². The van der Waals surface area contributed by atoms with Gasteiger partial charge in [-0.2, -0.15) is 5.10 Å². The summed E-state index contributed by atoms with van der Waals surface area (Å²) in [5, 5.41) is 7.20. The van der Waals surface area contributed by atoms with Crippen molar-refractivity contribution in [2.75, 3.05) is 19.7 Å². The molecule has 128 valence electrons. The number of morpholine rings is 1. The van der Waals surface area contributed by atoms with Crippen molar-refractivity contribution in [1.82, 2.24) is 20.1 Å². The van der Waals surface area contributed by atoms with E-state index in [9.17, 15) is 4.79 Å². The summed E-state index contributed by atoms with van der Waals surface area (Å²) in [6.07, 6.45) is 3.23. The van der Waals surface area contributed by atoms with Gasteiger partial charge in [0.05, 0.1) is 18.0 Å². The quantitative estimate of drug-likeness (QED) is 0.927. The van der Waals surface area contributed by atoms with Crippen molar-refractivity contribution in [3.8, 4) is 0 Å². The van der Waals surface area contributed by atoms with Crippen molar-refractivity contribution in [2.24, 2.45) is 0 Å². The molecule has 2 aromatic rings. The number of aromatic amines is 1. The summed E-state index contributed by atoms with van der Waals surface area (Å²) in [5.74, 6) is 1.88. The Hall–Kier alpha value is -1.73. The van der Waals surface area contributed by atoms with Gasteiger partial charge in [0.25, 0.3) is 5.91 Å². The summed E-state index contributed by atoms with van der Waals surface area (Å²) in [5.41, 5.74) is 1.37. The van der Waals surface area contributed by atoms with E-state index in [1.54, 1.807) is 11.3 Å². The van der Waals surface area contributed by atoms with Gasteiger partial charge in [-0.25, -0.2) is 4.98 Å². The molecule has 3 heterocycles. The molecule has 1 atom stereocenters. The molecule has 0 unspecified atom stereocenters. The van der Waals surface area contributed by atoms with Gasteiger partial charge in [-0.1, -0.05) is 13.8 Å². The molecule has 7 heteroatoms. The number of carbonyl (C=O) groups excluding carboxylic acids is 1. The molecule has 0 aromatic carbocycles. The fourth-order valence-electron chi connectivity index (χ4n) is 3.28. The molecular weight excluding hydrogens is 324 g/mol. The number of fused-ring (bicyclic) bond motifs is 1. The minimum atomic E-state index is -0.227. The third-order valence-electron chi connectivity index (χ3n) is 4.65. The van der Waals surface area contributed by atoms with Crippen LogP contribution in [0.25, 0.3) is 0 Å². The molecule has 1 aliphatic heterocycles. The number of aromatic nitrogens is 3. The van der Waals surface area contributed by atoms with Gasteiger partial charge < -0.3 is 9.64 Å². The van der Waals surface area contributed by atoms with Crippen LogP contribution in [0, 0.1) is 0 Å². The molecular formula is C17H22N4O2S. The lowest BCUT2D eigenvalue weighted by atomic mass is 10.2. The number of nitrogens with zero attached hydrogens (tertiary/aromatic N) is 3. The molecule has 1 N–H and O–H groups in total. The minimum Gasteiger partial charge on any atom is -0.367 e. The van der Waals surface area contributed by atoms with Crippen LogP contribution in [0.5, 0.6) is 0 Å². The SMILES string of the molecule is CC(C)c1n[nH]c([C@@H]2CN(C(=O)c3cc4c(s3)CCC4)CCO2)n1. The zero-order chi connectivity index (χ0) is 16.7. The highest BCUT2D eigenvalue weighted by Crippen LogP contribution is 2.32. The molecule has 1 aliphatic carbocycles. The number of ether oxygens (including phenoxy) is 1. The van der Waals surface area contributed by atoms with E-state index in [4.69, 9.17) is 4.74 Å². The number of H-pyrrole nitrogens is 1. The molecule has 2 aliphatic rings. The van der Waals surface area contributed by atoms with Crippen LogP contribution in [0.4, 0.5) is 0 Å². The zero-order valence-corrected chi connectivity index (χ0v) is 14.9. The van der Waals surface area contributed by atoms with Gasteiger partial charge in [0, 0.05) is 17.3 Å². The van der Waals surface area contributed by atoms with E-state index >= 15 is 0 Å². The lowest BCUT2D eigenvalue weighted by molar-refractivity contribution is -0.0265. The first-order valence-corrected chi connectivity index (χ1v) is 9.38. The van der Waals surface area contributed by atoms with Gasteiger partial charge in [-0.15, -0.1) is 11.3 Å². The van der Waals surface area contributed by atoms with E-state index in [0.29, 0.717) is 25.5 Å². The van der Waals surface area contributed by atoms with Crippen LogP contribution in [0.15, 0.2) is 6.07 Å². The smallest absolute Gasteiger partial charge is 0.264 e. The molecule has 1 fully saturated rings. The van der Waals surface area contributed by atoms with Gasteiger partial charge in [0.15, 0.2) is 11.6 Å². The van der Waals surface area contributed by atoms with Crippen LogP contribution >= 0.6 is 11.3 Å². The number of aryl methyl sites for hydroxylation is 2. The van der Waals surface area contributed by atoms with Crippen molar-refractivity contribution in [3.05, 3.63) is 33.0 Å². The third-order valence-corrected chi connectivity index (χ3v) is 5.88. The maximum atomic E-state index is 12.8. The first-order chi connectivity index (χ1) is 11.6. The Morgan fingerprint density at radius 1 is 1.46 bits per heavy atom. The number of carbonyl (C=O) groups is 1. The van der Waals surface area contributed by atoms with Gasteiger partial charge in [0.1, 0.15) is 6.10 Å². The average molecular weight is 346 g/mol. The number of nitrogens with one attached hydrogen (secondary N) is 1. The molecule has 1 saturated heterocycles. The molecule has 0 spiro atoms. The molecule has 6 nitrogen and oxygen atoms in total. The van der Waals surface area contributed by atoms with E-state index in [-0.39, 0.29) is 17.9 Å². The van der Waals surface area contributed by atoms with Gasteiger partial charge in [-0.05, 0) is 30.9 Å². The van der Waals surface area contributed by atoms with E-state index in [1.165, 1.54) is 16.9 Å². The molecule has 0 saturated carbocycles. The Labute approximate surface area is 145 Å². The van der Waals surface area contributed by atoms with Crippen LogP contribution < -0.4 is 0 Å². The maximum absolute atomic E-state index is 12.8. The first kappa shape index (κ1) is 15.8. The molecule has 1 amide bonds. The van der Waals surface area contributed by atoms with Crippen LogP contribution in [0.3, 0.4) is 0 Å². The fraction of sp³-hybridized carbons (Fsp3) is 0.588. The predicted molar refractivity (Wildman–Crippen MR) is 91.4 cm³/mol. The second-order valence-electron chi connectivity index (χ2n) is 6.76. The first-order valence-electron chi connectivity index (χ1n) is 8.56. The third kappa shape index (κ3) is 2.86. The second-order valence-corrected chi connectivity index (χ2v) is 7.89. The van der Waals surface area contributed by atoms with E-state index < -0.39 is 0 Å². The molecule has 0 radical (unpaired) electrons. The Balaban J connectivity index is 1.48. The van der Waals surface area contributed by atoms with Crippen LogP contribution in [0.2, 0.25) is 0 Å². The average Bonchev–Trinajstić information content (AvgIpc) is 3.29. The summed E-state index contributed by atoms with van der Waals surface area (Å²) in [6.45, 7) is 5.79. The topological polar surface area (TPSA) is 71.1 Å². The van der Waals surface area contributed by atoms with Gasteiger partial charge >= 0.3 is 0 Å². The molecule has 2 aromatic heterocycles. The van der Waals surface area contributed by atoms with Crippen molar-refractivity contribution < 1.29 is 9.53 Å². The monoisotopic (exact) mass is 346 g/mol. The highest BCUT2D eigenvalue weighted by atomic mass is 32.1. The highest BCUT2D eigenvalue weighted by Gasteiger charge is 2.30. The van der Waals surface area contributed by atoms with Crippen molar-refractivity contribution in [2.45, 2.75) is 45.1 Å². The van der Waals surface area contributed by atoms with Crippen LogP contribution in [0.1, 0.15) is 64.1 Å². The summed E-state index contributed by atoms with van der Waals surface area (Å²) < 4.78 is 5.81. The predicted octanol–water partition coefficient (Wildman–Crippen LogP) is 2.69. The highest BCUT2D eigenvalue weighted by molar-refractivity contribution is 7.14. The summed E-state index contributed by atoms with van der Waals surface area (Å²) in [6, 6.07) is 2.09. The number of thiophene rings is 1. The van der Waals surface area contributed by atoms with E-state index in [2.05, 4.69) is 35.1 Å². The fourth-order valence-corrected chi connectivity index (χ4v) is 4.50. The zero-order valence-electron chi connectivity index (χ0n) is 14.0. The number of hydrogen-bond donors (Lipinski definition) is 1. The Morgan fingerprint density at radius 3 is 3.08 bits per heavy atom. The molecule has 24 heavy (non-hydrogen) atoms. The minimum absolute atomic E-state index is 0.117. The van der Waals surface area contributed by atoms with Crippen molar-refractivity contribution >= 4 is 17.2 Å². The standard InChI is InChI=1S/C17H22N4O2S/c1-10(2)15-18-16(20-19-15)12-9-21(6-7-23-12)17(22)14-8-11-4-3-5-13(11)24-14/h8,10,12H,3-7,9H2,1-2H3,(H,18,19,20)/t12-/m0/s1. The summed E-state index contributed by atoms with van der Waals surface area (Å²) in [4.78, 5) is 21.5. The van der Waals surface area contributed by atoms with Crippen LogP contribution in [-0.4, -0.2) is 45.7 Å². The van der Waals surface area contributed by atoms with Crippen LogP contribution in [-0.2, 0) is 17.6 Å². The van der Waals surface area contributed by atoms with Gasteiger partial charge in [-0.3, -0.25) is 9.89 Å². The largest absolute Gasteiger partial charge is 0.367 e. The molecule has 0 bridgehead atoms. The normalized spacial score (nSPS) is 20.6. The summed E-state index contributed by atoms with van der Waals surface area (Å²) >= 11 is 1.66. The van der Waals surface area contributed by atoms with Crippen molar-refractivity contribution in [1.29, 1.82) is 0 Å². The Bertz CT molecular complexity index is 730. The lowest BCUT2D eigenvalue weighted by Crippen LogP contribution is -2.42. The lowest BCUT2D eigenvalue weighted by Gasteiger charge is -2.31. The van der Waals surface area contributed by atoms with Crippen molar-refractivity contribution in [3.63, 3.8) is 0 Å². The molecule has 4 rings (SSSR count). The second kappa shape index (κ2) is 6.29. The number of hydrogen-bond acceptors (Lipinski definition) is 5. The van der Waals surface area contributed by atoms with E-state index in [1.807, 2.05) is 4.90 Å². The number of rotatable bonds is 3. The Kier molecular flexibility index (Phi) is 4.14.